The van der Waals surface area contributed by atoms with E-state index < -0.39 is 0 Å². The van der Waals surface area contributed by atoms with Gasteiger partial charge < -0.3 is 20.1 Å². The first-order chi connectivity index (χ1) is 7.83. The Kier molecular flexibility index (Phi) is 7.46. The van der Waals surface area contributed by atoms with Crippen LogP contribution in [0.25, 0.3) is 0 Å². The zero-order valence-electron chi connectivity index (χ0n) is 9.96. The van der Waals surface area contributed by atoms with Crippen LogP contribution in [-0.2, 0) is 9.47 Å². The summed E-state index contributed by atoms with van der Waals surface area (Å²) in [5.41, 5.74) is 0. The van der Waals surface area contributed by atoms with Gasteiger partial charge in [0.15, 0.2) is 5.11 Å². The molecule has 0 saturated heterocycles. The predicted molar refractivity (Wildman–Crippen MR) is 68.7 cm³/mol. The van der Waals surface area contributed by atoms with E-state index in [4.69, 9.17) is 21.7 Å². The lowest BCUT2D eigenvalue weighted by Crippen LogP contribution is -2.41. The lowest BCUT2D eigenvalue weighted by molar-refractivity contribution is 0.0733. The van der Waals surface area contributed by atoms with Crippen LogP contribution in [-0.4, -0.2) is 44.6 Å². The Balaban J connectivity index is 1.89. The van der Waals surface area contributed by atoms with E-state index in [1.165, 1.54) is 25.7 Å². The second-order valence-corrected chi connectivity index (χ2v) is 4.40. The molecular formula is C11H22N2O2S. The highest BCUT2D eigenvalue weighted by molar-refractivity contribution is 7.80. The molecular weight excluding hydrogens is 224 g/mol. The highest BCUT2D eigenvalue weighted by atomic mass is 32.1. The van der Waals surface area contributed by atoms with Crippen molar-refractivity contribution in [3.63, 3.8) is 0 Å². The molecule has 0 aromatic carbocycles. The lowest BCUT2D eigenvalue weighted by Gasteiger charge is -2.15. The first kappa shape index (κ1) is 13.7. The fourth-order valence-electron chi connectivity index (χ4n) is 1.79. The normalized spacial score (nSPS) is 16.3. The van der Waals surface area contributed by atoms with Crippen LogP contribution in [0.2, 0.25) is 0 Å². The van der Waals surface area contributed by atoms with E-state index in [0.29, 0.717) is 25.9 Å². The Morgan fingerprint density at radius 1 is 1.25 bits per heavy atom. The van der Waals surface area contributed by atoms with E-state index in [-0.39, 0.29) is 0 Å². The summed E-state index contributed by atoms with van der Waals surface area (Å²) in [6.07, 6.45) is 5.12. The standard InChI is InChI=1S/C11H22N2O2S/c1-14-8-9-15-7-6-12-11(16)13-10-4-2-3-5-10/h10H,2-9H2,1H3,(H2,12,13,16). The minimum atomic E-state index is 0.578. The molecule has 1 saturated carbocycles. The summed E-state index contributed by atoms with van der Waals surface area (Å²) in [4.78, 5) is 0. The predicted octanol–water partition coefficient (Wildman–Crippen LogP) is 1.06. The van der Waals surface area contributed by atoms with Crippen molar-refractivity contribution in [2.45, 2.75) is 31.7 Å². The van der Waals surface area contributed by atoms with E-state index in [9.17, 15) is 0 Å². The molecule has 1 aliphatic rings. The van der Waals surface area contributed by atoms with Crippen molar-refractivity contribution in [1.82, 2.24) is 10.6 Å². The summed E-state index contributed by atoms with van der Waals surface area (Å²) in [6, 6.07) is 0.578. The molecule has 5 heteroatoms. The van der Waals surface area contributed by atoms with E-state index in [0.717, 1.165) is 11.7 Å². The van der Waals surface area contributed by atoms with Gasteiger partial charge in [-0.1, -0.05) is 12.8 Å². The number of methoxy groups -OCH3 is 1. The molecule has 0 aliphatic heterocycles. The molecule has 4 nitrogen and oxygen atoms in total. The molecule has 0 radical (unpaired) electrons. The molecule has 16 heavy (non-hydrogen) atoms. The van der Waals surface area contributed by atoms with Crippen molar-refractivity contribution >= 4 is 17.3 Å². The maximum Gasteiger partial charge on any atom is 0.166 e. The number of rotatable bonds is 7. The minimum absolute atomic E-state index is 0.578. The molecule has 0 heterocycles. The van der Waals surface area contributed by atoms with Gasteiger partial charge in [-0.3, -0.25) is 0 Å². The molecule has 0 unspecified atom stereocenters. The van der Waals surface area contributed by atoms with Crippen LogP contribution in [0.15, 0.2) is 0 Å². The van der Waals surface area contributed by atoms with Gasteiger partial charge in [0.25, 0.3) is 0 Å². The fourth-order valence-corrected chi connectivity index (χ4v) is 2.06. The Labute approximate surface area is 103 Å². The van der Waals surface area contributed by atoms with E-state index >= 15 is 0 Å². The molecule has 94 valence electrons. The lowest BCUT2D eigenvalue weighted by atomic mass is 10.3. The minimum Gasteiger partial charge on any atom is -0.382 e. The molecule has 0 aromatic heterocycles. The third-order valence-corrected chi connectivity index (χ3v) is 2.92. The van der Waals surface area contributed by atoms with Gasteiger partial charge in [-0.15, -0.1) is 0 Å². The first-order valence-electron chi connectivity index (χ1n) is 5.94. The monoisotopic (exact) mass is 246 g/mol. The van der Waals surface area contributed by atoms with E-state index in [1.807, 2.05) is 0 Å². The van der Waals surface area contributed by atoms with Gasteiger partial charge in [0, 0.05) is 19.7 Å². The molecule has 1 rings (SSSR count). The summed E-state index contributed by atoms with van der Waals surface area (Å²) < 4.78 is 10.2. The second kappa shape index (κ2) is 8.73. The number of hydrogen-bond donors (Lipinski definition) is 2. The third kappa shape index (κ3) is 6.25. The number of ether oxygens (including phenoxy) is 2. The SMILES string of the molecule is COCCOCCNC(=S)NC1CCCC1. The Morgan fingerprint density at radius 2 is 2.00 bits per heavy atom. The number of hydrogen-bond acceptors (Lipinski definition) is 3. The molecule has 0 aromatic rings. The van der Waals surface area contributed by atoms with Gasteiger partial charge in [-0.05, 0) is 25.1 Å². The largest absolute Gasteiger partial charge is 0.382 e. The third-order valence-electron chi connectivity index (χ3n) is 2.65. The van der Waals surface area contributed by atoms with Gasteiger partial charge in [0.2, 0.25) is 0 Å². The highest BCUT2D eigenvalue weighted by Gasteiger charge is 2.14. The van der Waals surface area contributed by atoms with Gasteiger partial charge in [0.05, 0.1) is 19.8 Å². The molecule has 0 amide bonds. The van der Waals surface area contributed by atoms with Crippen molar-refractivity contribution in [1.29, 1.82) is 0 Å². The zero-order valence-corrected chi connectivity index (χ0v) is 10.8. The van der Waals surface area contributed by atoms with Crippen LogP contribution in [0.4, 0.5) is 0 Å². The van der Waals surface area contributed by atoms with Crippen LogP contribution in [0.1, 0.15) is 25.7 Å². The smallest absolute Gasteiger partial charge is 0.166 e. The van der Waals surface area contributed by atoms with Gasteiger partial charge >= 0.3 is 0 Å². The summed E-state index contributed by atoms with van der Waals surface area (Å²) in [6.45, 7) is 2.70. The number of thiocarbonyl (C=S) groups is 1. The average molecular weight is 246 g/mol. The summed E-state index contributed by atoms with van der Waals surface area (Å²) in [7, 11) is 1.67. The maximum atomic E-state index is 5.32. The average Bonchev–Trinajstić information content (AvgIpc) is 2.76. The summed E-state index contributed by atoms with van der Waals surface area (Å²) in [5, 5.41) is 7.21. The molecule has 0 bridgehead atoms. The van der Waals surface area contributed by atoms with Crippen LogP contribution in [0.3, 0.4) is 0 Å². The van der Waals surface area contributed by atoms with Crippen LogP contribution < -0.4 is 10.6 Å². The summed E-state index contributed by atoms with van der Waals surface area (Å²) in [5.74, 6) is 0. The molecule has 2 N–H and O–H groups in total. The number of nitrogens with one attached hydrogen (secondary N) is 2. The van der Waals surface area contributed by atoms with Gasteiger partial charge in [-0.25, -0.2) is 0 Å². The van der Waals surface area contributed by atoms with Crippen LogP contribution in [0, 0.1) is 0 Å². The second-order valence-electron chi connectivity index (χ2n) is 3.99. The molecule has 1 aliphatic carbocycles. The quantitative estimate of drug-likeness (QED) is 0.519. The molecule has 1 fully saturated rings. The summed E-state index contributed by atoms with van der Waals surface area (Å²) >= 11 is 5.19. The maximum absolute atomic E-state index is 5.32. The van der Waals surface area contributed by atoms with E-state index in [2.05, 4.69) is 10.6 Å². The molecule has 0 spiro atoms. The van der Waals surface area contributed by atoms with Gasteiger partial charge in [-0.2, -0.15) is 0 Å². The van der Waals surface area contributed by atoms with Crippen molar-refractivity contribution in [2.24, 2.45) is 0 Å². The van der Waals surface area contributed by atoms with Crippen molar-refractivity contribution in [3.05, 3.63) is 0 Å². The zero-order chi connectivity index (χ0) is 11.6. The van der Waals surface area contributed by atoms with E-state index in [1.54, 1.807) is 7.11 Å². The topological polar surface area (TPSA) is 42.5 Å². The van der Waals surface area contributed by atoms with Crippen molar-refractivity contribution < 1.29 is 9.47 Å². The highest BCUT2D eigenvalue weighted by Crippen LogP contribution is 2.17. The Morgan fingerprint density at radius 3 is 2.69 bits per heavy atom. The fraction of sp³-hybridized carbons (Fsp3) is 0.909. The van der Waals surface area contributed by atoms with Crippen molar-refractivity contribution in [2.75, 3.05) is 33.5 Å². The first-order valence-corrected chi connectivity index (χ1v) is 6.35. The van der Waals surface area contributed by atoms with Crippen LogP contribution >= 0.6 is 12.2 Å². The molecule has 0 atom stereocenters. The Hall–Kier alpha value is -0.390. The van der Waals surface area contributed by atoms with Crippen molar-refractivity contribution in [3.8, 4) is 0 Å². The van der Waals surface area contributed by atoms with Gasteiger partial charge in [0.1, 0.15) is 0 Å². The van der Waals surface area contributed by atoms with Crippen LogP contribution in [0.5, 0.6) is 0 Å². The Bertz CT molecular complexity index is 196.